The lowest BCUT2D eigenvalue weighted by atomic mass is 10.1. The van der Waals surface area contributed by atoms with Gasteiger partial charge in [0.25, 0.3) is 0 Å². The lowest BCUT2D eigenvalue weighted by molar-refractivity contribution is 1.04. The second-order valence-electron chi connectivity index (χ2n) is 4.12. The first-order chi connectivity index (χ1) is 10.2. The molecule has 0 aromatic heterocycles. The first-order valence-corrected chi connectivity index (χ1v) is 7.03. The molecule has 2 aromatic rings. The predicted octanol–water partition coefficient (Wildman–Crippen LogP) is 2.66. The van der Waals surface area contributed by atoms with Crippen molar-refractivity contribution in [1.82, 2.24) is 5.43 Å². The fourth-order valence-electron chi connectivity index (χ4n) is 1.67. The standard InChI is InChI=1S/C15H14N4S2/c16-15(21)19-18-13(11-7-3-1-4-8-11)14(20)17-12-9-5-2-6-10-12/h1-10H,(H,17,20)(H3,16,19,21)/b18-13-. The van der Waals surface area contributed by atoms with Gasteiger partial charge < -0.3 is 11.1 Å². The van der Waals surface area contributed by atoms with Crippen molar-refractivity contribution in [2.24, 2.45) is 10.8 Å². The van der Waals surface area contributed by atoms with E-state index in [1.54, 1.807) is 0 Å². The lowest BCUT2D eigenvalue weighted by Gasteiger charge is -2.11. The number of thiocarbonyl (C=S) groups is 2. The van der Waals surface area contributed by atoms with Crippen molar-refractivity contribution in [2.75, 3.05) is 5.32 Å². The van der Waals surface area contributed by atoms with Gasteiger partial charge in [0.1, 0.15) is 10.7 Å². The highest BCUT2D eigenvalue weighted by molar-refractivity contribution is 7.82. The molecule has 0 amide bonds. The van der Waals surface area contributed by atoms with Gasteiger partial charge in [0.05, 0.1) is 0 Å². The van der Waals surface area contributed by atoms with Gasteiger partial charge in [-0.05, 0) is 24.4 Å². The molecule has 0 bridgehead atoms. The van der Waals surface area contributed by atoms with Gasteiger partial charge in [-0.15, -0.1) is 0 Å². The molecule has 0 spiro atoms. The second kappa shape index (κ2) is 7.47. The highest BCUT2D eigenvalue weighted by atomic mass is 32.1. The molecule has 0 heterocycles. The predicted molar refractivity (Wildman–Crippen MR) is 95.6 cm³/mol. The van der Waals surface area contributed by atoms with Gasteiger partial charge in [-0.2, -0.15) is 5.10 Å². The van der Waals surface area contributed by atoms with Crippen LogP contribution >= 0.6 is 24.4 Å². The van der Waals surface area contributed by atoms with Crippen LogP contribution in [-0.2, 0) is 0 Å². The van der Waals surface area contributed by atoms with Crippen molar-refractivity contribution in [3.05, 3.63) is 66.2 Å². The monoisotopic (exact) mass is 314 g/mol. The van der Waals surface area contributed by atoms with Crippen molar-refractivity contribution in [3.63, 3.8) is 0 Å². The molecular formula is C15H14N4S2. The number of anilines is 1. The molecule has 2 rings (SSSR count). The zero-order valence-corrected chi connectivity index (χ0v) is 12.7. The molecule has 0 aliphatic rings. The fourth-order valence-corrected chi connectivity index (χ4v) is 1.99. The summed E-state index contributed by atoms with van der Waals surface area (Å²) in [6.45, 7) is 0. The molecule has 6 heteroatoms. The third kappa shape index (κ3) is 4.62. The molecule has 0 fully saturated rings. The van der Waals surface area contributed by atoms with E-state index >= 15 is 0 Å². The van der Waals surface area contributed by atoms with E-state index in [0.29, 0.717) is 10.7 Å². The van der Waals surface area contributed by atoms with E-state index in [4.69, 9.17) is 30.2 Å². The number of benzene rings is 2. The van der Waals surface area contributed by atoms with Crippen LogP contribution in [0.25, 0.3) is 0 Å². The lowest BCUT2D eigenvalue weighted by Crippen LogP contribution is -2.29. The molecular weight excluding hydrogens is 300 g/mol. The molecule has 0 unspecified atom stereocenters. The number of hydrogen-bond acceptors (Lipinski definition) is 3. The first kappa shape index (κ1) is 15.1. The van der Waals surface area contributed by atoms with Crippen molar-refractivity contribution < 1.29 is 0 Å². The summed E-state index contributed by atoms with van der Waals surface area (Å²) in [5.41, 5.74) is 10.3. The molecule has 0 saturated carbocycles. The van der Waals surface area contributed by atoms with Gasteiger partial charge in [-0.3, -0.25) is 5.43 Å². The molecule has 0 atom stereocenters. The summed E-state index contributed by atoms with van der Waals surface area (Å²) in [5.74, 6) is 0. The quantitative estimate of drug-likeness (QED) is 0.460. The zero-order chi connectivity index (χ0) is 15.1. The zero-order valence-electron chi connectivity index (χ0n) is 11.1. The molecule has 0 aliphatic carbocycles. The van der Waals surface area contributed by atoms with E-state index in [1.807, 2.05) is 60.7 Å². The number of nitrogens with two attached hydrogens (primary N) is 1. The normalized spacial score (nSPS) is 10.8. The van der Waals surface area contributed by atoms with Gasteiger partial charge >= 0.3 is 0 Å². The summed E-state index contributed by atoms with van der Waals surface area (Å²) < 4.78 is 0. The smallest absolute Gasteiger partial charge is 0.184 e. The Labute approximate surface area is 134 Å². The number of hydrazone groups is 1. The topological polar surface area (TPSA) is 62.4 Å². The number of nitrogens with zero attached hydrogens (tertiary/aromatic N) is 1. The third-order valence-electron chi connectivity index (χ3n) is 2.57. The number of hydrogen-bond donors (Lipinski definition) is 3. The molecule has 4 nitrogen and oxygen atoms in total. The number of para-hydroxylation sites is 1. The van der Waals surface area contributed by atoms with Gasteiger partial charge in [0, 0.05) is 11.3 Å². The van der Waals surface area contributed by atoms with Crippen LogP contribution in [0.1, 0.15) is 5.56 Å². The molecule has 2 aromatic carbocycles. The Morgan fingerprint density at radius 1 is 0.905 bits per heavy atom. The highest BCUT2D eigenvalue weighted by Crippen LogP contribution is 2.09. The van der Waals surface area contributed by atoms with E-state index in [2.05, 4.69) is 15.8 Å². The summed E-state index contributed by atoms with van der Waals surface area (Å²) in [5, 5.41) is 7.42. The van der Waals surface area contributed by atoms with Crippen LogP contribution < -0.4 is 16.5 Å². The molecule has 21 heavy (non-hydrogen) atoms. The SMILES string of the molecule is NC(=S)N/N=C(\C(=S)Nc1ccccc1)c1ccccc1. The van der Waals surface area contributed by atoms with Crippen LogP contribution in [-0.4, -0.2) is 15.8 Å². The molecule has 0 saturated heterocycles. The first-order valence-electron chi connectivity index (χ1n) is 6.22. The summed E-state index contributed by atoms with van der Waals surface area (Å²) in [6, 6.07) is 19.2. The summed E-state index contributed by atoms with van der Waals surface area (Å²) in [4.78, 5) is 0.483. The summed E-state index contributed by atoms with van der Waals surface area (Å²) >= 11 is 10.2. The second-order valence-corrected chi connectivity index (χ2v) is 4.97. The van der Waals surface area contributed by atoms with Crippen molar-refractivity contribution >= 4 is 45.9 Å². The maximum atomic E-state index is 5.43. The Kier molecular flexibility index (Phi) is 5.36. The van der Waals surface area contributed by atoms with Crippen LogP contribution in [0.5, 0.6) is 0 Å². The third-order valence-corrected chi connectivity index (χ3v) is 2.96. The van der Waals surface area contributed by atoms with E-state index in [-0.39, 0.29) is 5.11 Å². The van der Waals surface area contributed by atoms with Crippen LogP contribution in [0.3, 0.4) is 0 Å². The minimum absolute atomic E-state index is 0.0888. The van der Waals surface area contributed by atoms with Crippen molar-refractivity contribution in [2.45, 2.75) is 0 Å². The summed E-state index contributed by atoms with van der Waals surface area (Å²) in [7, 11) is 0. The largest absolute Gasteiger partial charge is 0.375 e. The average molecular weight is 314 g/mol. The molecule has 4 N–H and O–H groups in total. The molecule has 0 radical (unpaired) electrons. The number of nitrogens with one attached hydrogen (secondary N) is 2. The fraction of sp³-hybridized carbons (Fsp3) is 0. The molecule has 106 valence electrons. The van der Waals surface area contributed by atoms with Crippen LogP contribution in [0, 0.1) is 0 Å². The highest BCUT2D eigenvalue weighted by Gasteiger charge is 2.10. The van der Waals surface area contributed by atoms with E-state index < -0.39 is 0 Å². The van der Waals surface area contributed by atoms with Crippen LogP contribution in [0.15, 0.2) is 65.8 Å². The minimum Gasteiger partial charge on any atom is -0.375 e. The van der Waals surface area contributed by atoms with Gasteiger partial charge in [-0.25, -0.2) is 0 Å². The summed E-state index contributed by atoms with van der Waals surface area (Å²) in [6.07, 6.45) is 0. The van der Waals surface area contributed by atoms with Gasteiger partial charge in [0.2, 0.25) is 0 Å². The van der Waals surface area contributed by atoms with E-state index in [9.17, 15) is 0 Å². The molecule has 0 aliphatic heterocycles. The number of rotatable bonds is 4. The van der Waals surface area contributed by atoms with Gasteiger partial charge in [0.15, 0.2) is 5.11 Å². The minimum atomic E-state index is 0.0888. The Morgan fingerprint density at radius 2 is 1.48 bits per heavy atom. The maximum absolute atomic E-state index is 5.43. The Hall–Kier alpha value is -2.31. The Morgan fingerprint density at radius 3 is 2.05 bits per heavy atom. The van der Waals surface area contributed by atoms with Crippen molar-refractivity contribution in [1.29, 1.82) is 0 Å². The Balaban J connectivity index is 2.25. The van der Waals surface area contributed by atoms with Crippen LogP contribution in [0.2, 0.25) is 0 Å². The van der Waals surface area contributed by atoms with Gasteiger partial charge in [-0.1, -0.05) is 60.7 Å². The Bertz CT molecular complexity index is 654. The van der Waals surface area contributed by atoms with E-state index in [0.717, 1.165) is 11.3 Å². The average Bonchev–Trinajstić information content (AvgIpc) is 2.49. The van der Waals surface area contributed by atoms with Crippen molar-refractivity contribution in [3.8, 4) is 0 Å². The maximum Gasteiger partial charge on any atom is 0.184 e. The van der Waals surface area contributed by atoms with E-state index in [1.165, 1.54) is 0 Å². The van der Waals surface area contributed by atoms with Crippen LogP contribution in [0.4, 0.5) is 5.69 Å².